The van der Waals surface area contributed by atoms with Crippen molar-refractivity contribution in [3.8, 4) is 22.6 Å². The molecule has 0 aliphatic carbocycles. The second kappa shape index (κ2) is 10.8. The average molecular weight is 527 g/mol. The number of pyridine rings is 1. The van der Waals surface area contributed by atoms with Gasteiger partial charge in [-0.1, -0.05) is 35.0 Å². The number of carbonyl (C=O) groups is 1. The third kappa shape index (κ3) is 5.58. The highest BCUT2D eigenvalue weighted by Gasteiger charge is 2.31. The first-order valence-corrected chi connectivity index (χ1v) is 13.2. The van der Waals surface area contributed by atoms with Gasteiger partial charge in [-0.15, -0.1) is 5.10 Å². The maximum Gasteiger partial charge on any atom is 0.326 e. The van der Waals surface area contributed by atoms with Crippen molar-refractivity contribution >= 4 is 17.7 Å². The monoisotopic (exact) mass is 526 g/mol. The van der Waals surface area contributed by atoms with E-state index >= 15 is 0 Å². The number of rotatable bonds is 8. The molecule has 2 aliphatic heterocycles. The molecule has 2 aliphatic rings. The molecule has 2 N–H and O–H groups in total. The standard InChI is InChI=1S/C28H30N8O3/c1-18-5-2-6-19(13-18)22-14-23(32-28(31-22)30-21-10-12-39-17-21)24-16-35(34-33-24)15-20-7-3-9-26(29-20)36-11-4-8-25(36)27(37)38/h2-3,5-7,9,13-14,16,21,25H,4,8,10-12,15,17H2,1H3,(H,37,38)(H,30,31,32)/t21-,25+/m0/s1. The van der Waals surface area contributed by atoms with E-state index in [1.54, 1.807) is 4.68 Å². The molecule has 2 saturated heterocycles. The first-order chi connectivity index (χ1) is 19.0. The second-order valence-corrected chi connectivity index (χ2v) is 10.0. The predicted molar refractivity (Wildman–Crippen MR) is 145 cm³/mol. The number of hydrogen-bond acceptors (Lipinski definition) is 9. The fraction of sp³-hybridized carbons (Fsp3) is 0.357. The number of benzene rings is 1. The number of ether oxygens (including phenoxy) is 1. The number of nitrogens with one attached hydrogen (secondary N) is 1. The van der Waals surface area contributed by atoms with Crippen LogP contribution >= 0.6 is 0 Å². The van der Waals surface area contributed by atoms with Crippen molar-refractivity contribution in [1.29, 1.82) is 0 Å². The van der Waals surface area contributed by atoms with Gasteiger partial charge in [0.15, 0.2) is 0 Å². The highest BCUT2D eigenvalue weighted by atomic mass is 16.5. The van der Waals surface area contributed by atoms with Gasteiger partial charge in [-0.05, 0) is 50.5 Å². The van der Waals surface area contributed by atoms with Crippen LogP contribution in [0.4, 0.5) is 11.8 Å². The second-order valence-electron chi connectivity index (χ2n) is 10.0. The Morgan fingerprint density at radius 1 is 1.08 bits per heavy atom. The van der Waals surface area contributed by atoms with Crippen LogP contribution in [-0.4, -0.2) is 72.9 Å². The van der Waals surface area contributed by atoms with Crippen molar-refractivity contribution in [2.45, 2.75) is 44.8 Å². The number of carboxylic acids is 1. The lowest BCUT2D eigenvalue weighted by Gasteiger charge is -2.22. The molecule has 2 fully saturated rings. The van der Waals surface area contributed by atoms with Gasteiger partial charge in [0.1, 0.15) is 17.6 Å². The van der Waals surface area contributed by atoms with Crippen molar-refractivity contribution in [2.24, 2.45) is 0 Å². The number of nitrogens with zero attached hydrogens (tertiary/aromatic N) is 7. The van der Waals surface area contributed by atoms with E-state index in [1.165, 1.54) is 0 Å². The Kier molecular flexibility index (Phi) is 6.89. The number of aromatic nitrogens is 6. The van der Waals surface area contributed by atoms with Crippen molar-refractivity contribution in [2.75, 3.05) is 30.0 Å². The third-order valence-electron chi connectivity index (χ3n) is 7.05. The molecule has 0 unspecified atom stereocenters. The van der Waals surface area contributed by atoms with E-state index < -0.39 is 12.0 Å². The molecule has 11 nitrogen and oxygen atoms in total. The molecule has 5 heterocycles. The molecule has 39 heavy (non-hydrogen) atoms. The van der Waals surface area contributed by atoms with Gasteiger partial charge < -0.3 is 20.1 Å². The Bertz CT molecular complexity index is 1480. The maximum atomic E-state index is 11.6. The van der Waals surface area contributed by atoms with Crippen molar-refractivity contribution in [3.05, 3.63) is 66.0 Å². The number of anilines is 2. The first kappa shape index (κ1) is 24.9. The lowest BCUT2D eigenvalue weighted by molar-refractivity contribution is -0.138. The highest BCUT2D eigenvalue weighted by molar-refractivity contribution is 5.78. The highest BCUT2D eigenvalue weighted by Crippen LogP contribution is 2.27. The normalized spacial score (nSPS) is 18.9. The van der Waals surface area contributed by atoms with Crippen molar-refractivity contribution in [3.63, 3.8) is 0 Å². The third-order valence-corrected chi connectivity index (χ3v) is 7.05. The Morgan fingerprint density at radius 3 is 2.77 bits per heavy atom. The summed E-state index contributed by atoms with van der Waals surface area (Å²) in [7, 11) is 0. The van der Waals surface area contributed by atoms with E-state index in [0.29, 0.717) is 49.3 Å². The van der Waals surface area contributed by atoms with E-state index in [0.717, 1.165) is 42.0 Å². The summed E-state index contributed by atoms with van der Waals surface area (Å²) in [6, 6.07) is 15.4. The van der Waals surface area contributed by atoms with Crippen molar-refractivity contribution < 1.29 is 14.6 Å². The summed E-state index contributed by atoms with van der Waals surface area (Å²) in [5, 5.41) is 21.7. The average Bonchev–Trinajstić information content (AvgIpc) is 3.71. The van der Waals surface area contributed by atoms with E-state index in [1.807, 2.05) is 47.5 Å². The molecule has 0 bridgehead atoms. The van der Waals surface area contributed by atoms with Crippen LogP contribution in [0.1, 0.15) is 30.5 Å². The molecule has 1 aromatic carbocycles. The minimum absolute atomic E-state index is 0.163. The zero-order valence-electron chi connectivity index (χ0n) is 21.7. The van der Waals surface area contributed by atoms with Gasteiger partial charge in [-0.3, -0.25) is 0 Å². The predicted octanol–water partition coefficient (Wildman–Crippen LogP) is 3.41. The molecule has 6 rings (SSSR count). The number of carboxylic acid groups (broad SMARTS) is 1. The summed E-state index contributed by atoms with van der Waals surface area (Å²) < 4.78 is 7.23. The maximum absolute atomic E-state index is 11.6. The van der Waals surface area contributed by atoms with Gasteiger partial charge in [0.05, 0.1) is 42.5 Å². The Hall–Kier alpha value is -4.38. The molecule has 4 aromatic rings. The summed E-state index contributed by atoms with van der Waals surface area (Å²) in [6.45, 7) is 4.48. The van der Waals surface area contributed by atoms with Crippen LogP contribution in [0.2, 0.25) is 0 Å². The van der Waals surface area contributed by atoms with Gasteiger partial charge in [0, 0.05) is 18.7 Å². The fourth-order valence-corrected chi connectivity index (χ4v) is 5.10. The van der Waals surface area contributed by atoms with E-state index in [2.05, 4.69) is 34.7 Å². The molecule has 0 amide bonds. The van der Waals surface area contributed by atoms with Gasteiger partial charge in [0.25, 0.3) is 0 Å². The van der Waals surface area contributed by atoms with E-state index in [9.17, 15) is 9.90 Å². The van der Waals surface area contributed by atoms with Crippen LogP contribution in [0.15, 0.2) is 54.7 Å². The SMILES string of the molecule is Cc1cccc(-c2cc(-c3cn(Cc4cccc(N5CCC[C@@H]5C(=O)O)n4)nn3)nc(N[C@H]3CCOC3)n2)c1. The smallest absolute Gasteiger partial charge is 0.326 e. The molecule has 200 valence electrons. The van der Waals surface area contributed by atoms with Gasteiger partial charge in [-0.2, -0.15) is 0 Å². The molecular weight excluding hydrogens is 496 g/mol. The first-order valence-electron chi connectivity index (χ1n) is 13.2. The topological polar surface area (TPSA) is 131 Å². The van der Waals surface area contributed by atoms with Gasteiger partial charge in [-0.25, -0.2) is 24.4 Å². The summed E-state index contributed by atoms with van der Waals surface area (Å²) in [5.74, 6) is 0.384. The van der Waals surface area contributed by atoms with Gasteiger partial charge >= 0.3 is 5.97 Å². The van der Waals surface area contributed by atoms with Crippen LogP contribution in [0, 0.1) is 6.92 Å². The van der Waals surface area contributed by atoms with Crippen LogP contribution in [0.5, 0.6) is 0 Å². The summed E-state index contributed by atoms with van der Waals surface area (Å²) >= 11 is 0. The quantitative estimate of drug-likeness (QED) is 0.352. The van der Waals surface area contributed by atoms with E-state index in [4.69, 9.17) is 19.7 Å². The van der Waals surface area contributed by atoms with Crippen LogP contribution < -0.4 is 10.2 Å². The van der Waals surface area contributed by atoms with Gasteiger partial charge in [0.2, 0.25) is 5.95 Å². The Balaban J connectivity index is 1.26. The minimum Gasteiger partial charge on any atom is -0.480 e. The lowest BCUT2D eigenvalue weighted by atomic mass is 10.1. The zero-order valence-corrected chi connectivity index (χ0v) is 21.7. The molecule has 3 aromatic heterocycles. The van der Waals surface area contributed by atoms with Crippen molar-refractivity contribution in [1.82, 2.24) is 29.9 Å². The molecular formula is C28H30N8O3. The lowest BCUT2D eigenvalue weighted by Crippen LogP contribution is -2.36. The fourth-order valence-electron chi connectivity index (χ4n) is 5.10. The number of aliphatic carboxylic acids is 1. The summed E-state index contributed by atoms with van der Waals surface area (Å²) in [5.41, 5.74) is 5.00. The largest absolute Gasteiger partial charge is 0.480 e. The molecule has 11 heteroatoms. The summed E-state index contributed by atoms with van der Waals surface area (Å²) in [6.07, 6.45) is 4.21. The molecule has 0 spiro atoms. The van der Waals surface area contributed by atoms with Crippen LogP contribution in [0.25, 0.3) is 22.6 Å². The zero-order chi connectivity index (χ0) is 26.8. The van der Waals surface area contributed by atoms with Crippen LogP contribution in [-0.2, 0) is 16.1 Å². The molecule has 0 saturated carbocycles. The number of hydrogen-bond donors (Lipinski definition) is 2. The Morgan fingerprint density at radius 2 is 1.95 bits per heavy atom. The summed E-state index contributed by atoms with van der Waals surface area (Å²) in [4.78, 5) is 27.8. The number of aryl methyl sites for hydroxylation is 1. The van der Waals surface area contributed by atoms with Crippen LogP contribution in [0.3, 0.4) is 0 Å². The molecule has 2 atom stereocenters. The van der Waals surface area contributed by atoms with E-state index in [-0.39, 0.29) is 6.04 Å². The minimum atomic E-state index is -0.815. The molecule has 0 radical (unpaired) electrons. The Labute approximate surface area is 225 Å².